The summed E-state index contributed by atoms with van der Waals surface area (Å²) in [6, 6.07) is -5.06. The van der Waals surface area contributed by atoms with Crippen molar-refractivity contribution in [1.29, 1.82) is 0 Å². The molecule has 3 amide bonds. The predicted octanol–water partition coefficient (Wildman–Crippen LogP) is -3.19. The van der Waals surface area contributed by atoms with E-state index in [-0.39, 0.29) is 11.7 Å². The highest BCUT2D eigenvalue weighted by molar-refractivity contribution is 7.80. The minimum atomic E-state index is -1.48. The van der Waals surface area contributed by atoms with Crippen LogP contribution in [-0.2, 0) is 19.2 Å². The number of carbonyl (C=O) groups excluding carboxylic acids is 3. The number of aliphatic hydroxyl groups excluding tert-OH is 2. The van der Waals surface area contributed by atoms with E-state index in [1.807, 2.05) is 13.8 Å². The van der Waals surface area contributed by atoms with Crippen LogP contribution >= 0.6 is 12.6 Å². The molecule has 0 bridgehead atoms. The molecule has 0 radical (unpaired) electrons. The largest absolute Gasteiger partial charge is 0.480 e. The summed E-state index contributed by atoms with van der Waals surface area (Å²) in [5.74, 6) is -3.93. The fourth-order valence-corrected chi connectivity index (χ4v) is 2.26. The van der Waals surface area contributed by atoms with Gasteiger partial charge in [0.05, 0.1) is 19.3 Å². The minimum Gasteiger partial charge on any atom is -0.480 e. The number of aliphatic hydroxyl groups is 2. The summed E-state index contributed by atoms with van der Waals surface area (Å²) in [5, 5.41) is 34.0. The second kappa shape index (κ2) is 12.5. The first-order valence-corrected chi connectivity index (χ1v) is 8.92. The Kier molecular flexibility index (Phi) is 11.6. The second-order valence-electron chi connectivity index (χ2n) is 6.31. The van der Waals surface area contributed by atoms with Crippen LogP contribution in [0.1, 0.15) is 20.3 Å². The molecular formula is C15H28N4O7S. The van der Waals surface area contributed by atoms with E-state index in [2.05, 4.69) is 28.6 Å². The van der Waals surface area contributed by atoms with Crippen molar-refractivity contribution in [1.82, 2.24) is 16.0 Å². The number of carboxylic acid groups (broad SMARTS) is 1. The van der Waals surface area contributed by atoms with Crippen molar-refractivity contribution in [2.75, 3.05) is 19.0 Å². The van der Waals surface area contributed by atoms with Crippen molar-refractivity contribution in [3.63, 3.8) is 0 Å². The molecule has 0 aliphatic heterocycles. The normalized spacial score (nSPS) is 15.4. The molecule has 12 heteroatoms. The van der Waals surface area contributed by atoms with Crippen LogP contribution in [-0.4, -0.2) is 82.1 Å². The lowest BCUT2D eigenvalue weighted by molar-refractivity contribution is -0.142. The summed E-state index contributed by atoms with van der Waals surface area (Å²) in [6.07, 6.45) is 0.369. The zero-order valence-corrected chi connectivity index (χ0v) is 16.1. The highest BCUT2D eigenvalue weighted by Gasteiger charge is 2.29. The first-order chi connectivity index (χ1) is 12.6. The number of thiol groups is 1. The molecule has 0 aromatic heterocycles. The molecule has 0 aliphatic carbocycles. The molecule has 4 unspecified atom stereocenters. The molecule has 0 aromatic rings. The molecule has 27 heavy (non-hydrogen) atoms. The van der Waals surface area contributed by atoms with Crippen LogP contribution in [0.3, 0.4) is 0 Å². The molecule has 0 spiro atoms. The van der Waals surface area contributed by atoms with E-state index < -0.39 is 61.1 Å². The molecule has 0 saturated carbocycles. The number of amides is 3. The zero-order chi connectivity index (χ0) is 21.1. The maximum absolute atomic E-state index is 12.2. The van der Waals surface area contributed by atoms with Crippen LogP contribution in [0.2, 0.25) is 0 Å². The summed E-state index contributed by atoms with van der Waals surface area (Å²) in [7, 11) is 0. The van der Waals surface area contributed by atoms with Crippen LogP contribution in [0, 0.1) is 5.92 Å². The van der Waals surface area contributed by atoms with Gasteiger partial charge in [0, 0.05) is 5.75 Å². The molecule has 11 nitrogen and oxygen atoms in total. The van der Waals surface area contributed by atoms with Gasteiger partial charge in [0.1, 0.15) is 18.1 Å². The molecule has 0 saturated heterocycles. The Balaban J connectivity index is 4.88. The average Bonchev–Trinajstić information content (AvgIpc) is 2.60. The Morgan fingerprint density at radius 3 is 1.63 bits per heavy atom. The molecular weight excluding hydrogens is 380 g/mol. The zero-order valence-electron chi connectivity index (χ0n) is 15.2. The van der Waals surface area contributed by atoms with Gasteiger partial charge in [-0.15, -0.1) is 0 Å². The first-order valence-electron chi connectivity index (χ1n) is 8.29. The highest BCUT2D eigenvalue weighted by atomic mass is 32.1. The Morgan fingerprint density at radius 1 is 0.889 bits per heavy atom. The van der Waals surface area contributed by atoms with Crippen LogP contribution in [0.15, 0.2) is 0 Å². The van der Waals surface area contributed by atoms with E-state index in [0.29, 0.717) is 6.42 Å². The fraction of sp³-hybridized carbons (Fsp3) is 0.733. The van der Waals surface area contributed by atoms with Crippen molar-refractivity contribution >= 4 is 36.3 Å². The number of nitrogens with one attached hydrogen (secondary N) is 3. The van der Waals surface area contributed by atoms with Crippen LogP contribution < -0.4 is 21.7 Å². The minimum absolute atomic E-state index is 0.142. The number of rotatable bonds is 12. The number of nitrogens with two attached hydrogens (primary N) is 1. The molecule has 156 valence electrons. The summed E-state index contributed by atoms with van der Waals surface area (Å²) in [5.41, 5.74) is 5.70. The molecule has 0 aromatic carbocycles. The molecule has 0 heterocycles. The third-order valence-corrected chi connectivity index (χ3v) is 3.86. The van der Waals surface area contributed by atoms with Gasteiger partial charge in [-0.2, -0.15) is 12.6 Å². The van der Waals surface area contributed by atoms with Crippen molar-refractivity contribution in [2.45, 2.75) is 44.4 Å². The summed E-state index contributed by atoms with van der Waals surface area (Å²) >= 11 is 3.79. The third-order valence-electron chi connectivity index (χ3n) is 3.49. The lowest BCUT2D eigenvalue weighted by atomic mass is 10.0. The van der Waals surface area contributed by atoms with Crippen LogP contribution in [0.4, 0.5) is 0 Å². The van der Waals surface area contributed by atoms with E-state index in [9.17, 15) is 29.4 Å². The topological polar surface area (TPSA) is 191 Å². The smallest absolute Gasteiger partial charge is 0.327 e. The summed E-state index contributed by atoms with van der Waals surface area (Å²) in [6.45, 7) is 2.14. The van der Waals surface area contributed by atoms with Gasteiger partial charge in [0.15, 0.2) is 0 Å². The lowest BCUT2D eigenvalue weighted by Gasteiger charge is -2.23. The van der Waals surface area contributed by atoms with Crippen molar-refractivity contribution in [3.05, 3.63) is 0 Å². The average molecular weight is 408 g/mol. The first kappa shape index (κ1) is 25.1. The van der Waals surface area contributed by atoms with Gasteiger partial charge in [-0.05, 0) is 12.3 Å². The van der Waals surface area contributed by atoms with Gasteiger partial charge in [-0.25, -0.2) is 4.79 Å². The maximum atomic E-state index is 12.2. The fourth-order valence-electron chi connectivity index (χ4n) is 2.01. The number of aliphatic carboxylic acids is 1. The van der Waals surface area contributed by atoms with Gasteiger partial charge < -0.3 is 37.0 Å². The molecule has 0 aliphatic rings. The Labute approximate surface area is 162 Å². The van der Waals surface area contributed by atoms with Crippen LogP contribution in [0.25, 0.3) is 0 Å². The monoisotopic (exact) mass is 408 g/mol. The van der Waals surface area contributed by atoms with Gasteiger partial charge in [-0.1, -0.05) is 13.8 Å². The van der Waals surface area contributed by atoms with E-state index >= 15 is 0 Å². The maximum Gasteiger partial charge on any atom is 0.327 e. The number of hydrogen-bond donors (Lipinski definition) is 8. The predicted molar refractivity (Wildman–Crippen MR) is 98.9 cm³/mol. The second-order valence-corrected chi connectivity index (χ2v) is 6.67. The number of hydrogen-bond acceptors (Lipinski definition) is 8. The number of carbonyl (C=O) groups is 4. The third kappa shape index (κ3) is 9.04. The van der Waals surface area contributed by atoms with Gasteiger partial charge >= 0.3 is 5.97 Å². The molecule has 4 atom stereocenters. The van der Waals surface area contributed by atoms with Crippen molar-refractivity contribution in [2.24, 2.45) is 11.7 Å². The standard InChI is InChI=1S/C15H28N4O7S/c1-7(2)3-8(16)12(22)17-9(4-20)13(23)18-10(5-21)14(24)19-11(6-27)15(25)26/h7-11,20-21,27H,3-6,16H2,1-2H3,(H,17,22)(H,18,23)(H,19,24)(H,25,26). The molecule has 0 rings (SSSR count). The quantitative estimate of drug-likeness (QED) is 0.155. The Bertz CT molecular complexity index is 532. The lowest BCUT2D eigenvalue weighted by Crippen LogP contribution is -2.59. The SMILES string of the molecule is CC(C)CC(N)C(=O)NC(CO)C(=O)NC(CO)C(=O)NC(CS)C(=O)O. The van der Waals surface area contributed by atoms with Gasteiger partial charge in [0.25, 0.3) is 0 Å². The van der Waals surface area contributed by atoms with Crippen LogP contribution in [0.5, 0.6) is 0 Å². The summed E-state index contributed by atoms with van der Waals surface area (Å²) in [4.78, 5) is 47.0. The van der Waals surface area contributed by atoms with Crippen molar-refractivity contribution in [3.8, 4) is 0 Å². The van der Waals surface area contributed by atoms with E-state index in [4.69, 9.17) is 10.8 Å². The Morgan fingerprint density at radius 2 is 1.30 bits per heavy atom. The van der Waals surface area contributed by atoms with E-state index in [0.717, 1.165) is 0 Å². The van der Waals surface area contributed by atoms with E-state index in [1.54, 1.807) is 0 Å². The summed E-state index contributed by atoms with van der Waals surface area (Å²) < 4.78 is 0. The highest BCUT2D eigenvalue weighted by Crippen LogP contribution is 2.03. The number of carboxylic acids is 1. The van der Waals surface area contributed by atoms with Gasteiger partial charge in [0.2, 0.25) is 17.7 Å². The molecule has 0 fully saturated rings. The molecule has 8 N–H and O–H groups in total. The van der Waals surface area contributed by atoms with Crippen molar-refractivity contribution < 1.29 is 34.5 Å². The van der Waals surface area contributed by atoms with Gasteiger partial charge in [-0.3, -0.25) is 14.4 Å². The van der Waals surface area contributed by atoms with E-state index in [1.165, 1.54) is 0 Å². The Hall–Kier alpha value is -1.89.